The summed E-state index contributed by atoms with van der Waals surface area (Å²) in [7, 11) is 2.12. The summed E-state index contributed by atoms with van der Waals surface area (Å²) in [5, 5.41) is 4.33. The third-order valence-electron chi connectivity index (χ3n) is 5.11. The molecular weight excluding hydrogens is 314 g/mol. The van der Waals surface area contributed by atoms with Gasteiger partial charge in [0.2, 0.25) is 5.91 Å². The predicted octanol–water partition coefficient (Wildman–Crippen LogP) is 2.80. The molecular formula is C20H29N3O2. The van der Waals surface area contributed by atoms with Crippen molar-refractivity contribution in [3.8, 4) is 0 Å². The van der Waals surface area contributed by atoms with Crippen LogP contribution in [-0.2, 0) is 4.79 Å². The van der Waals surface area contributed by atoms with E-state index >= 15 is 0 Å². The zero-order chi connectivity index (χ0) is 18.0. The van der Waals surface area contributed by atoms with E-state index in [0.717, 1.165) is 48.5 Å². The molecule has 2 heterocycles. The molecule has 1 saturated heterocycles. The van der Waals surface area contributed by atoms with Crippen molar-refractivity contribution < 1.29 is 9.21 Å². The van der Waals surface area contributed by atoms with Gasteiger partial charge in [-0.1, -0.05) is 32.0 Å². The van der Waals surface area contributed by atoms with Crippen molar-refractivity contribution in [1.82, 2.24) is 15.1 Å². The third kappa shape index (κ3) is 4.05. The van der Waals surface area contributed by atoms with Gasteiger partial charge in [0, 0.05) is 37.1 Å². The molecule has 0 unspecified atom stereocenters. The topological polar surface area (TPSA) is 48.7 Å². The van der Waals surface area contributed by atoms with E-state index in [4.69, 9.17) is 4.42 Å². The molecule has 1 fully saturated rings. The van der Waals surface area contributed by atoms with Crippen LogP contribution in [0, 0.1) is 12.8 Å². The lowest BCUT2D eigenvalue weighted by atomic mass is 9.98. The number of piperazine rings is 1. The van der Waals surface area contributed by atoms with Crippen molar-refractivity contribution in [2.45, 2.75) is 26.8 Å². The van der Waals surface area contributed by atoms with Crippen LogP contribution in [0.3, 0.4) is 0 Å². The van der Waals surface area contributed by atoms with Gasteiger partial charge in [-0.3, -0.25) is 9.69 Å². The second-order valence-corrected chi connectivity index (χ2v) is 7.46. The first-order valence-corrected chi connectivity index (χ1v) is 9.14. The van der Waals surface area contributed by atoms with Crippen LogP contribution in [0.15, 0.2) is 28.7 Å². The van der Waals surface area contributed by atoms with E-state index in [1.54, 1.807) is 0 Å². The van der Waals surface area contributed by atoms with E-state index in [-0.39, 0.29) is 17.9 Å². The summed E-state index contributed by atoms with van der Waals surface area (Å²) in [4.78, 5) is 17.1. The fourth-order valence-electron chi connectivity index (χ4n) is 3.45. The molecule has 1 atom stereocenters. The van der Waals surface area contributed by atoms with E-state index in [1.807, 2.05) is 18.2 Å². The number of benzene rings is 1. The van der Waals surface area contributed by atoms with Gasteiger partial charge in [-0.15, -0.1) is 0 Å². The maximum atomic E-state index is 12.6. The maximum absolute atomic E-state index is 12.6. The minimum absolute atomic E-state index is 0.0723. The molecule has 1 aromatic heterocycles. The van der Waals surface area contributed by atoms with Gasteiger partial charge in [0.1, 0.15) is 11.3 Å². The van der Waals surface area contributed by atoms with Gasteiger partial charge < -0.3 is 14.6 Å². The van der Waals surface area contributed by atoms with Gasteiger partial charge in [-0.2, -0.15) is 0 Å². The van der Waals surface area contributed by atoms with E-state index in [1.165, 1.54) is 0 Å². The minimum Gasteiger partial charge on any atom is -0.459 e. The number of carbonyl (C=O) groups excluding carboxylic acids is 1. The van der Waals surface area contributed by atoms with Crippen molar-refractivity contribution in [3.63, 3.8) is 0 Å². The number of nitrogens with zero attached hydrogens (tertiary/aromatic N) is 2. The van der Waals surface area contributed by atoms with Crippen LogP contribution in [-0.4, -0.2) is 55.5 Å². The van der Waals surface area contributed by atoms with Crippen LogP contribution in [0.1, 0.15) is 31.2 Å². The van der Waals surface area contributed by atoms with E-state index in [0.29, 0.717) is 6.54 Å². The molecule has 0 radical (unpaired) electrons. The molecule has 1 aromatic carbocycles. The zero-order valence-corrected chi connectivity index (χ0v) is 15.7. The van der Waals surface area contributed by atoms with Crippen molar-refractivity contribution in [1.29, 1.82) is 0 Å². The smallest absolute Gasteiger partial charge is 0.234 e. The summed E-state index contributed by atoms with van der Waals surface area (Å²) in [6.45, 7) is 10.7. The second kappa shape index (κ2) is 7.58. The lowest BCUT2D eigenvalue weighted by molar-refractivity contribution is -0.123. The highest BCUT2D eigenvalue weighted by Crippen LogP contribution is 2.32. The van der Waals surface area contributed by atoms with Crippen LogP contribution in [0.25, 0.3) is 11.0 Å². The van der Waals surface area contributed by atoms with E-state index in [9.17, 15) is 4.79 Å². The fraction of sp³-hybridized carbons (Fsp3) is 0.550. The molecule has 0 saturated carbocycles. The Morgan fingerprint density at radius 1 is 1.20 bits per heavy atom. The average molecular weight is 343 g/mol. The number of hydrogen-bond acceptors (Lipinski definition) is 4. The first-order chi connectivity index (χ1) is 12.0. The van der Waals surface area contributed by atoms with Gasteiger partial charge in [-0.05, 0) is 26.0 Å². The quantitative estimate of drug-likeness (QED) is 0.907. The van der Waals surface area contributed by atoms with E-state index < -0.39 is 0 Å². The number of amides is 1. The number of rotatable bonds is 5. The molecule has 2 aromatic rings. The SMILES string of the molecule is Cc1c([C@H](NC(=O)CN2CCN(C)CC2)C(C)C)oc2ccccc12. The van der Waals surface area contributed by atoms with Crippen molar-refractivity contribution in [2.24, 2.45) is 5.92 Å². The number of nitrogens with one attached hydrogen (secondary N) is 1. The summed E-state index contributed by atoms with van der Waals surface area (Å²) >= 11 is 0. The van der Waals surface area contributed by atoms with E-state index in [2.05, 4.69) is 49.0 Å². The number of aryl methyl sites for hydroxylation is 1. The van der Waals surface area contributed by atoms with Crippen LogP contribution < -0.4 is 5.32 Å². The average Bonchev–Trinajstić information content (AvgIpc) is 2.91. The normalized spacial score (nSPS) is 18.0. The first kappa shape index (κ1) is 18.0. The Hall–Kier alpha value is -1.85. The number of likely N-dealkylation sites (N-methyl/N-ethyl adjacent to an activating group) is 1. The number of hydrogen-bond donors (Lipinski definition) is 1. The highest BCUT2D eigenvalue weighted by atomic mass is 16.3. The fourth-order valence-corrected chi connectivity index (χ4v) is 3.45. The summed E-state index contributed by atoms with van der Waals surface area (Å²) in [5.74, 6) is 1.21. The maximum Gasteiger partial charge on any atom is 0.234 e. The number of furan rings is 1. The Bertz CT molecular complexity index is 730. The number of carbonyl (C=O) groups is 1. The molecule has 5 nitrogen and oxygen atoms in total. The first-order valence-electron chi connectivity index (χ1n) is 9.14. The molecule has 0 spiro atoms. The Balaban J connectivity index is 1.72. The van der Waals surface area contributed by atoms with Gasteiger partial charge >= 0.3 is 0 Å². The molecule has 25 heavy (non-hydrogen) atoms. The van der Waals surface area contributed by atoms with Crippen molar-refractivity contribution >= 4 is 16.9 Å². The van der Waals surface area contributed by atoms with Crippen LogP contribution in [0.4, 0.5) is 0 Å². The molecule has 1 aliphatic heterocycles. The highest BCUT2D eigenvalue weighted by Gasteiger charge is 2.26. The molecule has 0 bridgehead atoms. The standard InChI is InChI=1S/C20H29N3O2/c1-14(2)19(20-15(3)16-7-5-6-8-17(16)25-20)21-18(24)13-23-11-9-22(4)10-12-23/h5-8,14,19H,9-13H2,1-4H3,(H,21,24)/t19-/m1/s1. The summed E-state index contributed by atoms with van der Waals surface area (Å²) in [6.07, 6.45) is 0. The van der Waals surface area contributed by atoms with Crippen molar-refractivity contribution in [2.75, 3.05) is 39.8 Å². The largest absolute Gasteiger partial charge is 0.459 e. The lowest BCUT2D eigenvalue weighted by Crippen LogP contribution is -2.48. The van der Waals surface area contributed by atoms with Gasteiger partial charge in [-0.25, -0.2) is 0 Å². The number of fused-ring (bicyclic) bond motifs is 1. The molecule has 1 N–H and O–H groups in total. The van der Waals surface area contributed by atoms with Crippen LogP contribution in [0.2, 0.25) is 0 Å². The molecule has 3 rings (SSSR count). The molecule has 1 amide bonds. The second-order valence-electron chi connectivity index (χ2n) is 7.46. The van der Waals surface area contributed by atoms with Crippen molar-refractivity contribution in [3.05, 3.63) is 35.6 Å². The summed E-state index contributed by atoms with van der Waals surface area (Å²) < 4.78 is 6.09. The Morgan fingerprint density at radius 3 is 2.52 bits per heavy atom. The summed E-state index contributed by atoms with van der Waals surface area (Å²) in [5.41, 5.74) is 2.00. The highest BCUT2D eigenvalue weighted by molar-refractivity contribution is 5.83. The Morgan fingerprint density at radius 2 is 1.88 bits per heavy atom. The Labute approximate surface area is 150 Å². The van der Waals surface area contributed by atoms with Gasteiger partial charge in [0.05, 0.1) is 12.6 Å². The number of para-hydroxylation sites is 1. The monoisotopic (exact) mass is 343 g/mol. The summed E-state index contributed by atoms with van der Waals surface area (Å²) in [6, 6.07) is 7.94. The van der Waals surface area contributed by atoms with Gasteiger partial charge in [0.15, 0.2) is 0 Å². The Kier molecular flexibility index (Phi) is 5.45. The molecule has 136 valence electrons. The lowest BCUT2D eigenvalue weighted by Gasteiger charge is -2.32. The van der Waals surface area contributed by atoms with Gasteiger partial charge in [0.25, 0.3) is 0 Å². The molecule has 1 aliphatic rings. The zero-order valence-electron chi connectivity index (χ0n) is 15.7. The minimum atomic E-state index is -0.104. The third-order valence-corrected chi connectivity index (χ3v) is 5.11. The van der Waals surface area contributed by atoms with Crippen LogP contribution >= 0.6 is 0 Å². The molecule has 5 heteroatoms. The molecule has 0 aliphatic carbocycles. The predicted molar refractivity (Wildman–Crippen MR) is 101 cm³/mol. The van der Waals surface area contributed by atoms with Crippen LogP contribution in [0.5, 0.6) is 0 Å².